The molecule has 38 atom stereocenters. The van der Waals surface area contributed by atoms with E-state index in [2.05, 4.69) is 6.92 Å². The molecule has 99 heavy (non-hydrogen) atoms. The second-order valence-electron chi connectivity index (χ2n) is 39.4. The maximum atomic E-state index is 12.7. The summed E-state index contributed by atoms with van der Waals surface area (Å²) in [6, 6.07) is 0. The summed E-state index contributed by atoms with van der Waals surface area (Å²) in [6.07, 6.45) is 14.7. The zero-order valence-corrected chi connectivity index (χ0v) is 61.4. The van der Waals surface area contributed by atoms with E-state index in [0.29, 0.717) is 186 Å². The normalized spacial score (nSPS) is 51.1. The third kappa shape index (κ3) is 9.66. The molecule has 20 fully saturated rings. The molecule has 546 valence electrons. The van der Waals surface area contributed by atoms with E-state index in [1.54, 1.807) is 0 Å². The summed E-state index contributed by atoms with van der Waals surface area (Å²) in [5.74, 6) is 16.7. The summed E-state index contributed by atoms with van der Waals surface area (Å²) in [6.45, 7) is 28.8. The van der Waals surface area contributed by atoms with Gasteiger partial charge in [0.1, 0.15) is 24.4 Å². The minimum Gasteiger partial charge on any atom is -0.465 e. The van der Waals surface area contributed by atoms with Gasteiger partial charge in [-0.1, -0.05) is 34.6 Å². The smallest absolute Gasteiger partial charge is 0.311 e. The Kier molecular flexibility index (Phi) is 16.2. The van der Waals surface area contributed by atoms with Crippen LogP contribution in [0.3, 0.4) is 0 Å². The van der Waals surface area contributed by atoms with Crippen LogP contribution in [0.15, 0.2) is 0 Å². The molecule has 16 bridgehead atoms. The molecule has 20 aliphatic rings. The lowest BCUT2D eigenvalue weighted by Gasteiger charge is -2.45. The average molecular weight is 1370 g/mol. The molecule has 38 unspecified atom stereocenters. The lowest BCUT2D eigenvalue weighted by molar-refractivity contribution is -0.172. The Hall–Kier alpha value is -4.28. The Morgan fingerprint density at radius 3 is 1.01 bits per heavy atom. The zero-order valence-electron chi connectivity index (χ0n) is 61.4. The molecular weight excluding hydrogens is 1260 g/mol. The van der Waals surface area contributed by atoms with Gasteiger partial charge in [0.25, 0.3) is 0 Å². The zero-order chi connectivity index (χ0) is 69.6. The first-order valence-electron chi connectivity index (χ1n) is 40.2. The molecule has 16 saturated carbocycles. The second kappa shape index (κ2) is 23.6. The van der Waals surface area contributed by atoms with Gasteiger partial charge < -0.3 is 43.0 Å². The lowest BCUT2D eigenvalue weighted by Crippen LogP contribution is -2.49. The highest BCUT2D eigenvalue weighted by atomic mass is 16.6. The van der Waals surface area contributed by atoms with Crippen molar-refractivity contribution in [3.8, 4) is 0 Å². The van der Waals surface area contributed by atoms with Crippen molar-refractivity contribution in [2.24, 2.45) is 223 Å². The Morgan fingerprint density at radius 2 is 0.626 bits per heavy atom. The van der Waals surface area contributed by atoms with Crippen LogP contribution in [0.25, 0.3) is 0 Å². The van der Waals surface area contributed by atoms with Crippen LogP contribution in [-0.4, -0.2) is 110 Å². The molecule has 0 aromatic heterocycles. The minimum atomic E-state index is -0.490. The van der Waals surface area contributed by atoms with Gasteiger partial charge in [-0.25, -0.2) is 0 Å². The number of rotatable bonds is 13. The highest BCUT2D eigenvalue weighted by Crippen LogP contribution is 2.77. The summed E-state index contributed by atoms with van der Waals surface area (Å²) < 4.78 is 45.7. The first-order valence-corrected chi connectivity index (χ1v) is 40.2. The van der Waals surface area contributed by atoms with Crippen LogP contribution < -0.4 is 0 Å². The molecule has 0 aromatic carbocycles. The third-order valence-corrected chi connectivity index (χ3v) is 34.8. The standard InChI is InChI=1S/C21H30O5.C21H30O4.2C20H28O4/c1-4-21(2,3)20(24)26-18-12-6-9(13(18)7-22)15-10-5-11(16(12)15)17-14(10)8-25-19(17)23;1-5-21(3,4)20(23)25-18-9(2)10-6-13(18)16-12-7-11(15(10)16)14-8-24-19(22)17(12)14;1-4-20(2,3)19(22)24-14-6-9-5-11(14)16-10-7-12(15(9)16)17-13(10)8-23-18(17)21;1-4-20(2,3)19(22)24-14-6-9-5-11(14)16-12-7-10(15(9)16)13-8-23-18(21)17(12)13/h9-18,22H,4-8H2,1-3H3;9-18H,5-8H2,1-4H3;2*9-17H,4-8H2,1-3H3. The van der Waals surface area contributed by atoms with Gasteiger partial charge in [0, 0.05) is 42.1 Å². The van der Waals surface area contributed by atoms with Gasteiger partial charge in [0.2, 0.25) is 0 Å². The molecular formula is C82H116O17. The highest BCUT2D eigenvalue weighted by molar-refractivity contribution is 5.80. The number of esters is 8. The molecule has 0 aromatic rings. The molecule has 0 amide bonds. The predicted molar refractivity (Wildman–Crippen MR) is 357 cm³/mol. The van der Waals surface area contributed by atoms with Crippen molar-refractivity contribution < 1.29 is 81.4 Å². The van der Waals surface area contributed by atoms with Crippen LogP contribution in [0, 0.1) is 223 Å². The number of carbonyl (C=O) groups is 8. The number of fused-ring (bicyclic) bond motifs is 48. The largest absolute Gasteiger partial charge is 0.465 e. The van der Waals surface area contributed by atoms with Crippen LogP contribution >= 0.6 is 0 Å². The molecule has 16 aliphatic carbocycles. The topological polar surface area (TPSA) is 231 Å². The van der Waals surface area contributed by atoms with Gasteiger partial charge in [0.05, 0.1) is 71.8 Å². The summed E-state index contributed by atoms with van der Waals surface area (Å²) >= 11 is 0. The molecule has 4 saturated heterocycles. The number of ether oxygens (including phenoxy) is 8. The Morgan fingerprint density at radius 1 is 0.343 bits per heavy atom. The molecule has 0 spiro atoms. The van der Waals surface area contributed by atoms with E-state index in [1.807, 2.05) is 83.1 Å². The van der Waals surface area contributed by atoms with Crippen LogP contribution in [-0.2, 0) is 76.3 Å². The summed E-state index contributed by atoms with van der Waals surface area (Å²) in [4.78, 5) is 99.1. The predicted octanol–water partition coefficient (Wildman–Crippen LogP) is 11.6. The maximum Gasteiger partial charge on any atom is 0.311 e. The molecule has 20 rings (SSSR count). The van der Waals surface area contributed by atoms with Crippen LogP contribution in [0.1, 0.15) is 180 Å². The van der Waals surface area contributed by atoms with Crippen LogP contribution in [0.2, 0.25) is 0 Å². The number of hydrogen-bond acceptors (Lipinski definition) is 17. The number of hydrogen-bond donors (Lipinski definition) is 1. The molecule has 4 aliphatic heterocycles. The van der Waals surface area contributed by atoms with Crippen molar-refractivity contribution in [3.63, 3.8) is 0 Å². The van der Waals surface area contributed by atoms with Crippen molar-refractivity contribution in [2.75, 3.05) is 33.0 Å². The Bertz CT molecular complexity index is 3310. The first kappa shape index (κ1) is 67.9. The molecule has 17 nitrogen and oxygen atoms in total. The Balaban J connectivity index is 0.0000000990. The van der Waals surface area contributed by atoms with E-state index in [1.165, 1.54) is 38.5 Å². The molecule has 0 radical (unpaired) electrons. The van der Waals surface area contributed by atoms with Crippen molar-refractivity contribution in [3.05, 3.63) is 0 Å². The van der Waals surface area contributed by atoms with E-state index in [0.717, 1.165) is 63.2 Å². The van der Waals surface area contributed by atoms with Crippen LogP contribution in [0.5, 0.6) is 0 Å². The van der Waals surface area contributed by atoms with Crippen molar-refractivity contribution >= 4 is 47.8 Å². The summed E-state index contributed by atoms with van der Waals surface area (Å²) in [7, 11) is 0. The lowest BCUT2D eigenvalue weighted by atomic mass is 9.61. The van der Waals surface area contributed by atoms with E-state index >= 15 is 0 Å². The Labute approximate surface area is 586 Å². The van der Waals surface area contributed by atoms with Gasteiger partial charge in [-0.2, -0.15) is 0 Å². The average Bonchev–Trinajstić information content (AvgIpc) is 1.51. The minimum absolute atomic E-state index is 0.00286. The van der Waals surface area contributed by atoms with Crippen molar-refractivity contribution in [2.45, 2.75) is 204 Å². The SMILES string of the molecule is CCC(C)(C)C(=O)OC1C(C)C2CC1C1C3CC(C4COC(=O)C43)C21.CCC(C)(C)C(=O)OC1C(CO)C2CC1C1C3CC(C4COC(=O)C43)C21.CCC(C)(C)C(=O)OC1CC2CC1C1C3CC(C4C(=O)OCC34)C21.CCC(C)(C)C(=O)OC1CC2CC1C1C3CC(C4COC(=O)C43)C21. The van der Waals surface area contributed by atoms with Gasteiger partial charge >= 0.3 is 47.8 Å². The fraction of sp³-hybridized carbons (Fsp3) is 0.902. The monoisotopic (exact) mass is 1370 g/mol. The van der Waals surface area contributed by atoms with E-state index in [4.69, 9.17) is 37.9 Å². The fourth-order valence-electron chi connectivity index (χ4n) is 29.2. The van der Waals surface area contributed by atoms with Gasteiger partial charge in [0.15, 0.2) is 0 Å². The van der Waals surface area contributed by atoms with E-state index in [9.17, 15) is 43.5 Å². The maximum absolute atomic E-state index is 12.7. The summed E-state index contributed by atoms with van der Waals surface area (Å²) in [5.41, 5.74) is -1.67. The number of carbonyl (C=O) groups excluding carboxylic acids is 8. The number of aliphatic hydroxyl groups excluding tert-OH is 1. The number of aliphatic hydroxyl groups is 1. The van der Waals surface area contributed by atoms with E-state index in [-0.39, 0.29) is 114 Å². The molecule has 17 heteroatoms. The quantitative estimate of drug-likeness (QED) is 0.103. The highest BCUT2D eigenvalue weighted by Gasteiger charge is 2.77. The van der Waals surface area contributed by atoms with Crippen LogP contribution in [0.4, 0.5) is 0 Å². The molecule has 4 heterocycles. The van der Waals surface area contributed by atoms with Crippen molar-refractivity contribution in [1.29, 1.82) is 0 Å². The fourth-order valence-corrected chi connectivity index (χ4v) is 29.2. The third-order valence-electron chi connectivity index (χ3n) is 34.8. The molecule has 1 N–H and O–H groups in total. The number of cyclic esters (lactones) is 4. The first-order chi connectivity index (χ1) is 47.1. The van der Waals surface area contributed by atoms with Gasteiger partial charge in [-0.15, -0.1) is 0 Å². The van der Waals surface area contributed by atoms with Gasteiger partial charge in [-0.3, -0.25) is 38.4 Å². The second-order valence-corrected chi connectivity index (χ2v) is 39.4. The van der Waals surface area contributed by atoms with E-state index < -0.39 is 16.2 Å². The van der Waals surface area contributed by atoms with Gasteiger partial charge in [-0.05, 0) is 287 Å². The summed E-state index contributed by atoms with van der Waals surface area (Å²) in [5, 5.41) is 10.1. The van der Waals surface area contributed by atoms with Crippen molar-refractivity contribution in [1.82, 2.24) is 0 Å².